The number of hydrogen-bond donors (Lipinski definition) is 2. The van der Waals surface area contributed by atoms with Gasteiger partial charge >= 0.3 is 5.97 Å². The van der Waals surface area contributed by atoms with E-state index in [4.69, 9.17) is 0 Å². The van der Waals surface area contributed by atoms with Gasteiger partial charge in [0.05, 0.1) is 0 Å². The van der Waals surface area contributed by atoms with E-state index in [-0.39, 0.29) is 42.6 Å². The molecule has 0 aliphatic carbocycles. The summed E-state index contributed by atoms with van der Waals surface area (Å²) in [6.07, 6.45) is 0. The Kier molecular flexibility index (Phi) is 6.93. The number of phenols is 1. The number of hydrogen-bond acceptors (Lipinski definition) is 2. The molecule has 0 heterocycles. The number of carbonyl (C=O) groups is 1. The minimum Gasteiger partial charge on any atom is -0.507 e. The van der Waals surface area contributed by atoms with Gasteiger partial charge < -0.3 is 10.2 Å². The van der Waals surface area contributed by atoms with Crippen molar-refractivity contribution in [3.63, 3.8) is 0 Å². The quantitative estimate of drug-likeness (QED) is 0.553. The molecule has 0 bridgehead atoms. The van der Waals surface area contributed by atoms with E-state index in [1.54, 1.807) is 6.07 Å². The van der Waals surface area contributed by atoms with Crippen LogP contribution < -0.4 is 0 Å². The second-order valence-electron chi connectivity index (χ2n) is 6.58. The van der Waals surface area contributed by atoms with Crippen molar-refractivity contribution in [3.05, 3.63) is 101 Å². The summed E-state index contributed by atoms with van der Waals surface area (Å²) in [6.45, 7) is 4.03. The molecule has 3 aromatic rings. The van der Waals surface area contributed by atoms with E-state index < -0.39 is 5.97 Å². The first-order chi connectivity index (χ1) is 12.5. The average molecular weight is 412 g/mol. The molecule has 0 radical (unpaired) electrons. The Morgan fingerprint density at radius 2 is 1.26 bits per heavy atom. The number of carboxylic acid groups (broad SMARTS) is 1. The van der Waals surface area contributed by atoms with Crippen molar-refractivity contribution in [1.82, 2.24) is 0 Å². The molecular weight excluding hydrogens is 390 g/mol. The number of rotatable bonds is 5. The van der Waals surface area contributed by atoms with E-state index in [1.165, 1.54) is 0 Å². The molecule has 134 valence electrons. The van der Waals surface area contributed by atoms with Gasteiger partial charge in [-0.15, -0.1) is 0 Å². The molecule has 0 aliphatic heterocycles. The Balaban J connectivity index is 0.00000261. The standard InChI is InChI=1S/C23H22O3.Zn/c1-15(17-9-5-3-6-10-17)19-13-20(22(24)21(14-19)23(25)26)16(2)18-11-7-4-8-12-18;/h3-16,24H,1-2H3,(H,25,26);. The molecule has 0 saturated carbocycles. The summed E-state index contributed by atoms with van der Waals surface area (Å²) in [6, 6.07) is 23.2. The van der Waals surface area contributed by atoms with Gasteiger partial charge in [0.2, 0.25) is 0 Å². The van der Waals surface area contributed by atoms with Crippen LogP contribution in [0.1, 0.15) is 58.3 Å². The van der Waals surface area contributed by atoms with Crippen molar-refractivity contribution >= 4 is 5.97 Å². The zero-order valence-corrected chi connectivity index (χ0v) is 18.6. The van der Waals surface area contributed by atoms with Crippen LogP contribution in [0.5, 0.6) is 5.75 Å². The van der Waals surface area contributed by atoms with E-state index in [0.29, 0.717) is 5.56 Å². The third kappa shape index (κ3) is 4.46. The molecule has 4 heteroatoms. The van der Waals surface area contributed by atoms with Crippen molar-refractivity contribution in [2.75, 3.05) is 0 Å². The molecule has 0 fully saturated rings. The fourth-order valence-electron chi connectivity index (χ4n) is 3.28. The maximum atomic E-state index is 11.7. The number of aromatic hydroxyl groups is 1. The summed E-state index contributed by atoms with van der Waals surface area (Å²) in [5.41, 5.74) is 3.60. The first-order valence-corrected chi connectivity index (χ1v) is 8.69. The Labute approximate surface area is 172 Å². The van der Waals surface area contributed by atoms with Crippen LogP contribution in [0.3, 0.4) is 0 Å². The monoisotopic (exact) mass is 410 g/mol. The van der Waals surface area contributed by atoms with Gasteiger partial charge in [0.25, 0.3) is 0 Å². The van der Waals surface area contributed by atoms with Crippen LogP contribution in [0.25, 0.3) is 0 Å². The average Bonchev–Trinajstić information content (AvgIpc) is 2.68. The largest absolute Gasteiger partial charge is 0.507 e. The second kappa shape index (κ2) is 8.97. The second-order valence-corrected chi connectivity index (χ2v) is 6.58. The molecule has 0 aromatic heterocycles. The minimum absolute atomic E-state index is 0. The van der Waals surface area contributed by atoms with Crippen LogP contribution >= 0.6 is 0 Å². The molecule has 0 aliphatic rings. The number of aromatic carboxylic acids is 1. The molecule has 2 unspecified atom stereocenters. The molecule has 0 saturated heterocycles. The smallest absolute Gasteiger partial charge is 0.339 e. The maximum Gasteiger partial charge on any atom is 0.339 e. The van der Waals surface area contributed by atoms with Crippen LogP contribution in [0.4, 0.5) is 0 Å². The zero-order chi connectivity index (χ0) is 18.7. The van der Waals surface area contributed by atoms with E-state index >= 15 is 0 Å². The normalized spacial score (nSPS) is 12.7. The zero-order valence-electron chi connectivity index (χ0n) is 15.6. The number of carboxylic acids is 1. The van der Waals surface area contributed by atoms with Gasteiger partial charge in [-0.1, -0.05) is 80.6 Å². The Hall–Kier alpha value is -2.45. The Morgan fingerprint density at radius 3 is 1.74 bits per heavy atom. The predicted molar refractivity (Wildman–Crippen MR) is 103 cm³/mol. The summed E-state index contributed by atoms with van der Waals surface area (Å²) >= 11 is 0. The Morgan fingerprint density at radius 1 is 0.778 bits per heavy atom. The molecule has 3 nitrogen and oxygen atoms in total. The molecule has 3 rings (SSSR count). The van der Waals surface area contributed by atoms with Gasteiger partial charge in [-0.3, -0.25) is 0 Å². The van der Waals surface area contributed by atoms with Gasteiger partial charge in [-0.2, -0.15) is 0 Å². The summed E-state index contributed by atoms with van der Waals surface area (Å²) in [5, 5.41) is 20.1. The van der Waals surface area contributed by atoms with E-state index in [9.17, 15) is 15.0 Å². The molecule has 0 spiro atoms. The van der Waals surface area contributed by atoms with E-state index in [2.05, 4.69) is 0 Å². The molecule has 3 aromatic carbocycles. The van der Waals surface area contributed by atoms with E-state index in [1.807, 2.05) is 80.6 Å². The Bertz CT molecular complexity index is 908. The van der Waals surface area contributed by atoms with Crippen LogP contribution in [0.2, 0.25) is 0 Å². The number of benzene rings is 3. The third-order valence-corrected chi connectivity index (χ3v) is 4.96. The van der Waals surface area contributed by atoms with Crippen molar-refractivity contribution in [2.45, 2.75) is 25.7 Å². The van der Waals surface area contributed by atoms with Crippen molar-refractivity contribution < 1.29 is 34.5 Å². The molecule has 27 heavy (non-hydrogen) atoms. The van der Waals surface area contributed by atoms with Crippen LogP contribution in [0.15, 0.2) is 72.8 Å². The van der Waals surface area contributed by atoms with Crippen molar-refractivity contribution in [2.24, 2.45) is 0 Å². The minimum atomic E-state index is -1.12. The maximum absolute atomic E-state index is 11.7. The van der Waals surface area contributed by atoms with Crippen molar-refractivity contribution in [3.8, 4) is 5.75 Å². The molecule has 2 N–H and O–H groups in total. The van der Waals surface area contributed by atoms with Crippen LogP contribution in [-0.2, 0) is 19.5 Å². The van der Waals surface area contributed by atoms with Gasteiger partial charge in [0.1, 0.15) is 11.3 Å². The predicted octanol–water partition coefficient (Wildman–Crippen LogP) is 5.39. The third-order valence-electron chi connectivity index (χ3n) is 4.96. The summed E-state index contributed by atoms with van der Waals surface area (Å²) in [4.78, 5) is 11.7. The summed E-state index contributed by atoms with van der Waals surface area (Å²) in [7, 11) is 0. The van der Waals surface area contributed by atoms with Crippen LogP contribution in [0, 0.1) is 0 Å². The molecule has 2 atom stereocenters. The van der Waals surface area contributed by atoms with E-state index in [0.717, 1.165) is 16.7 Å². The SMILES string of the molecule is CC(c1ccccc1)c1cc(C(=O)O)c(O)c(C(C)c2ccccc2)c1.[Zn]. The van der Waals surface area contributed by atoms with Gasteiger partial charge in [0, 0.05) is 36.9 Å². The van der Waals surface area contributed by atoms with Gasteiger partial charge in [-0.25, -0.2) is 4.79 Å². The van der Waals surface area contributed by atoms with Crippen LogP contribution in [-0.4, -0.2) is 16.2 Å². The fraction of sp³-hybridized carbons (Fsp3) is 0.174. The van der Waals surface area contributed by atoms with Gasteiger partial charge in [-0.05, 0) is 22.8 Å². The molecule has 0 amide bonds. The summed E-state index contributed by atoms with van der Waals surface area (Å²) in [5.74, 6) is -1.36. The van der Waals surface area contributed by atoms with Crippen molar-refractivity contribution in [1.29, 1.82) is 0 Å². The summed E-state index contributed by atoms with van der Waals surface area (Å²) < 4.78 is 0. The topological polar surface area (TPSA) is 57.5 Å². The first kappa shape index (κ1) is 20.9. The van der Waals surface area contributed by atoms with Gasteiger partial charge in [0.15, 0.2) is 0 Å². The fourth-order valence-corrected chi connectivity index (χ4v) is 3.28. The molecular formula is C23H22O3Zn. The first-order valence-electron chi connectivity index (χ1n) is 8.69.